The molecule has 3 fully saturated rings. The van der Waals surface area contributed by atoms with Gasteiger partial charge in [0.2, 0.25) is 5.91 Å². The highest BCUT2D eigenvalue weighted by atomic mass is 35.5. The van der Waals surface area contributed by atoms with Crippen LogP contribution in [-0.4, -0.2) is 69.3 Å². The van der Waals surface area contributed by atoms with Gasteiger partial charge >= 0.3 is 6.03 Å². The molecule has 3 rings (SSSR count). The molecule has 9 heteroatoms. The summed E-state index contributed by atoms with van der Waals surface area (Å²) in [6, 6.07) is -0.503. The van der Waals surface area contributed by atoms with Crippen molar-refractivity contribution >= 4 is 23.5 Å². The number of urea groups is 1. The summed E-state index contributed by atoms with van der Waals surface area (Å²) in [4.78, 5) is 23.4. The average molecular weight is 377 g/mol. The predicted octanol–water partition coefficient (Wildman–Crippen LogP) is 0.623. The van der Waals surface area contributed by atoms with Crippen molar-refractivity contribution in [1.29, 1.82) is 0 Å². The molecule has 3 amide bonds. The van der Waals surface area contributed by atoms with Crippen LogP contribution in [0.5, 0.6) is 0 Å². The van der Waals surface area contributed by atoms with Gasteiger partial charge in [-0.2, -0.15) is 0 Å². The van der Waals surface area contributed by atoms with Gasteiger partial charge in [-0.15, -0.1) is 11.6 Å². The molecule has 2 aliphatic heterocycles. The number of carbonyl (C=O) groups excluding carboxylic acids is 2. The van der Waals surface area contributed by atoms with E-state index in [4.69, 9.17) is 30.5 Å². The average Bonchev–Trinajstić information content (AvgIpc) is 2.57. The Labute approximate surface area is 151 Å². The molecule has 6 atom stereocenters. The molecule has 0 spiro atoms. The van der Waals surface area contributed by atoms with E-state index in [9.17, 15) is 9.59 Å². The first-order valence-electron chi connectivity index (χ1n) is 8.67. The Bertz CT molecular complexity index is 493. The molecule has 142 valence electrons. The summed E-state index contributed by atoms with van der Waals surface area (Å²) in [5, 5.41) is 4.85. The number of amides is 3. The second kappa shape index (κ2) is 8.64. The molecule has 2 heterocycles. The molecule has 2 N–H and O–H groups in total. The third-order valence-electron chi connectivity index (χ3n) is 5.00. The number of ether oxygens (including phenoxy) is 4. The van der Waals surface area contributed by atoms with E-state index in [1.54, 1.807) is 7.11 Å². The Morgan fingerprint density at radius 3 is 2.76 bits per heavy atom. The third kappa shape index (κ3) is 4.62. The summed E-state index contributed by atoms with van der Waals surface area (Å²) in [5.74, 6) is -0.429. The molecule has 2 saturated heterocycles. The maximum absolute atomic E-state index is 12.0. The number of hydrogen-bond acceptors (Lipinski definition) is 6. The highest BCUT2D eigenvalue weighted by Crippen LogP contribution is 2.41. The van der Waals surface area contributed by atoms with Gasteiger partial charge in [-0.25, -0.2) is 4.79 Å². The minimum atomic E-state index is -0.563. The molecule has 0 aromatic heterocycles. The monoisotopic (exact) mass is 376 g/mol. The summed E-state index contributed by atoms with van der Waals surface area (Å²) in [6.45, 7) is 2.04. The van der Waals surface area contributed by atoms with Crippen molar-refractivity contribution in [3.05, 3.63) is 0 Å². The number of carbonyl (C=O) groups is 2. The quantitative estimate of drug-likeness (QED) is 0.499. The van der Waals surface area contributed by atoms with Gasteiger partial charge in [0.25, 0.3) is 0 Å². The summed E-state index contributed by atoms with van der Waals surface area (Å²) in [6.07, 6.45) is 1.29. The van der Waals surface area contributed by atoms with Crippen LogP contribution >= 0.6 is 11.6 Å². The van der Waals surface area contributed by atoms with Crippen LogP contribution in [0.2, 0.25) is 0 Å². The lowest BCUT2D eigenvalue weighted by atomic mass is 9.76. The highest BCUT2D eigenvalue weighted by Gasteiger charge is 2.48. The van der Waals surface area contributed by atoms with Crippen LogP contribution < -0.4 is 10.6 Å². The Hall–Kier alpha value is -0.930. The van der Waals surface area contributed by atoms with E-state index in [1.807, 2.05) is 0 Å². The number of fused-ring (bicyclic) bond motifs is 2. The molecule has 1 saturated carbocycles. The van der Waals surface area contributed by atoms with Crippen LogP contribution in [0.1, 0.15) is 19.3 Å². The van der Waals surface area contributed by atoms with Gasteiger partial charge in [0.05, 0.1) is 49.9 Å². The molecular weight excluding hydrogens is 352 g/mol. The van der Waals surface area contributed by atoms with Crippen molar-refractivity contribution in [2.24, 2.45) is 11.8 Å². The fourth-order valence-electron chi connectivity index (χ4n) is 3.73. The molecule has 25 heavy (non-hydrogen) atoms. The minimum absolute atomic E-state index is 0.0677. The van der Waals surface area contributed by atoms with Crippen molar-refractivity contribution in [2.75, 3.05) is 33.5 Å². The molecule has 3 aliphatic rings. The number of methoxy groups -OCH3 is 1. The van der Waals surface area contributed by atoms with Crippen LogP contribution in [-0.2, 0) is 23.7 Å². The zero-order valence-corrected chi connectivity index (χ0v) is 15.0. The van der Waals surface area contributed by atoms with Gasteiger partial charge in [0.1, 0.15) is 6.23 Å². The van der Waals surface area contributed by atoms with E-state index in [0.717, 1.165) is 6.42 Å². The van der Waals surface area contributed by atoms with Gasteiger partial charge < -0.3 is 24.3 Å². The second-order valence-corrected chi connectivity index (χ2v) is 7.22. The third-order valence-corrected chi connectivity index (χ3v) is 5.46. The fourth-order valence-corrected chi connectivity index (χ4v) is 4.14. The number of rotatable bonds is 7. The largest absolute Gasteiger partial charge is 0.382 e. The molecule has 0 aromatic rings. The van der Waals surface area contributed by atoms with Crippen LogP contribution in [0.15, 0.2) is 0 Å². The topological polar surface area (TPSA) is 95.1 Å². The van der Waals surface area contributed by atoms with E-state index >= 15 is 0 Å². The van der Waals surface area contributed by atoms with Gasteiger partial charge in [0.15, 0.2) is 0 Å². The molecule has 0 aromatic carbocycles. The van der Waals surface area contributed by atoms with Crippen LogP contribution in [0.4, 0.5) is 4.79 Å². The van der Waals surface area contributed by atoms with Crippen molar-refractivity contribution in [1.82, 2.24) is 10.6 Å². The van der Waals surface area contributed by atoms with Crippen LogP contribution in [0.3, 0.4) is 0 Å². The number of hydrogen-bond donors (Lipinski definition) is 2. The van der Waals surface area contributed by atoms with Gasteiger partial charge in [0, 0.05) is 13.5 Å². The first-order chi connectivity index (χ1) is 12.1. The standard InChI is InChI=1S/C16H25ClN2O6/c1-22-2-3-23-4-5-24-13-8-12-9(7-11(13)17)6-10-14(20)18-16(21)19-15(10)25-12/h9-13,15H,2-8H2,1H3,(H2,18,19,20,21). The van der Waals surface area contributed by atoms with Gasteiger partial charge in [-0.1, -0.05) is 0 Å². The first kappa shape index (κ1) is 18.8. The summed E-state index contributed by atoms with van der Waals surface area (Å²) < 4.78 is 22.1. The van der Waals surface area contributed by atoms with E-state index in [-0.39, 0.29) is 35.3 Å². The van der Waals surface area contributed by atoms with Crippen molar-refractivity contribution < 1.29 is 28.5 Å². The van der Waals surface area contributed by atoms with Crippen molar-refractivity contribution in [2.45, 2.75) is 43.1 Å². The molecule has 8 nitrogen and oxygen atoms in total. The molecule has 6 unspecified atom stereocenters. The predicted molar refractivity (Wildman–Crippen MR) is 88.2 cm³/mol. The second-order valence-electron chi connectivity index (χ2n) is 6.66. The summed E-state index contributed by atoms with van der Waals surface area (Å²) in [7, 11) is 1.63. The van der Waals surface area contributed by atoms with Gasteiger partial charge in [-0.3, -0.25) is 10.1 Å². The number of halogens is 1. The summed E-state index contributed by atoms with van der Waals surface area (Å²) >= 11 is 6.49. The molecule has 1 aliphatic carbocycles. The zero-order valence-electron chi connectivity index (χ0n) is 14.2. The van der Waals surface area contributed by atoms with Gasteiger partial charge in [-0.05, 0) is 18.8 Å². The first-order valence-corrected chi connectivity index (χ1v) is 9.11. The maximum Gasteiger partial charge on any atom is 0.323 e. The van der Waals surface area contributed by atoms with Crippen molar-refractivity contribution in [3.8, 4) is 0 Å². The minimum Gasteiger partial charge on any atom is -0.382 e. The number of imide groups is 1. The maximum atomic E-state index is 12.0. The highest BCUT2D eigenvalue weighted by molar-refractivity contribution is 6.21. The lowest BCUT2D eigenvalue weighted by molar-refractivity contribution is -0.172. The molecule has 0 radical (unpaired) electrons. The van der Waals surface area contributed by atoms with Crippen LogP contribution in [0.25, 0.3) is 0 Å². The molecule has 0 bridgehead atoms. The van der Waals surface area contributed by atoms with E-state index in [0.29, 0.717) is 39.3 Å². The number of nitrogens with one attached hydrogen (secondary N) is 2. The lowest BCUT2D eigenvalue weighted by Gasteiger charge is -2.47. The smallest absolute Gasteiger partial charge is 0.323 e. The van der Waals surface area contributed by atoms with E-state index in [1.165, 1.54) is 0 Å². The van der Waals surface area contributed by atoms with Crippen LogP contribution in [0, 0.1) is 11.8 Å². The SMILES string of the molecule is COCCOCCOC1CC2OC3NC(=O)NC(=O)C3CC2CC1Cl. The Morgan fingerprint density at radius 2 is 1.96 bits per heavy atom. The van der Waals surface area contributed by atoms with E-state index < -0.39 is 12.3 Å². The fraction of sp³-hybridized carbons (Fsp3) is 0.875. The Kier molecular flexibility index (Phi) is 6.51. The lowest BCUT2D eigenvalue weighted by Crippen LogP contribution is -2.64. The number of alkyl halides is 1. The summed E-state index contributed by atoms with van der Waals surface area (Å²) in [5.41, 5.74) is 0. The normalized spacial score (nSPS) is 37.7. The Balaban J connectivity index is 1.48. The zero-order chi connectivity index (χ0) is 17.8. The van der Waals surface area contributed by atoms with E-state index in [2.05, 4.69) is 10.6 Å². The van der Waals surface area contributed by atoms with Crippen molar-refractivity contribution in [3.63, 3.8) is 0 Å². The Morgan fingerprint density at radius 1 is 1.16 bits per heavy atom. The molecular formula is C16H25ClN2O6.